The summed E-state index contributed by atoms with van der Waals surface area (Å²) in [5.74, 6) is 5.94. The van der Waals surface area contributed by atoms with Crippen LogP contribution in [0.15, 0.2) is 41.5 Å². The first kappa shape index (κ1) is 19.9. The van der Waals surface area contributed by atoms with E-state index in [1.165, 1.54) is 11.1 Å². The lowest BCUT2D eigenvalue weighted by Gasteiger charge is -2.37. The molecule has 0 radical (unpaired) electrons. The highest BCUT2D eigenvalue weighted by Crippen LogP contribution is 2.43. The second kappa shape index (κ2) is 7.64. The number of nitrogens with one attached hydrogen (secondary N) is 1. The minimum Gasteiger partial charge on any atom is -0.385 e. The number of nitrogens with two attached hydrogens (primary N) is 3. The summed E-state index contributed by atoms with van der Waals surface area (Å²) in [6.45, 7) is 4.04. The third kappa shape index (κ3) is 3.24. The monoisotopic (exact) mass is 379 g/mol. The number of hydrazone groups is 1. The number of carbonyl (C=O) groups excluding carboxylic acids is 1. The van der Waals surface area contributed by atoms with Crippen molar-refractivity contribution in [3.05, 3.63) is 69.8 Å². The highest BCUT2D eigenvalue weighted by molar-refractivity contribution is 5.98. The molecule has 1 aliphatic rings. The number of hydrogen-bond donors (Lipinski definition) is 4. The molecule has 0 heterocycles. The second-order valence-electron chi connectivity index (χ2n) is 7.71. The third-order valence-electron chi connectivity index (χ3n) is 5.64. The van der Waals surface area contributed by atoms with E-state index >= 15 is 0 Å². The van der Waals surface area contributed by atoms with E-state index in [2.05, 4.69) is 35.5 Å². The summed E-state index contributed by atoms with van der Waals surface area (Å²) in [7, 11) is 1.63. The van der Waals surface area contributed by atoms with E-state index in [4.69, 9.17) is 17.3 Å². The molecule has 0 saturated carbocycles. The van der Waals surface area contributed by atoms with Crippen LogP contribution >= 0.6 is 0 Å². The van der Waals surface area contributed by atoms with Crippen molar-refractivity contribution in [3.8, 4) is 0 Å². The smallest absolute Gasteiger partial charge is 0.251 e. The molecule has 28 heavy (non-hydrogen) atoms. The summed E-state index contributed by atoms with van der Waals surface area (Å²) in [6.07, 6.45) is 2.22. The van der Waals surface area contributed by atoms with Crippen LogP contribution in [0.4, 0.5) is 0 Å². The number of amidine groups is 1. The Bertz CT molecular complexity index is 935. The molecule has 1 aliphatic carbocycles. The van der Waals surface area contributed by atoms with Crippen LogP contribution in [0.2, 0.25) is 0 Å². The van der Waals surface area contributed by atoms with Gasteiger partial charge in [-0.15, -0.1) is 0 Å². The number of hydrogen-bond acceptors (Lipinski definition) is 4. The van der Waals surface area contributed by atoms with Crippen LogP contribution in [0.5, 0.6) is 0 Å². The van der Waals surface area contributed by atoms with Gasteiger partial charge >= 0.3 is 0 Å². The summed E-state index contributed by atoms with van der Waals surface area (Å²) in [6, 6.07) is 12.0. The topological polar surface area (TPSA) is 120 Å². The molecule has 0 bridgehead atoms. The summed E-state index contributed by atoms with van der Waals surface area (Å²) in [4.78, 5) is 12.2. The molecule has 2 aromatic rings. The first-order valence-electron chi connectivity index (χ1n) is 9.58. The molecule has 0 aliphatic heterocycles. The Morgan fingerprint density at radius 3 is 2.36 bits per heavy atom. The number of amides is 1. The maximum Gasteiger partial charge on any atom is 0.251 e. The fraction of sp³-hybridized carbons (Fsp3) is 0.364. The molecule has 2 aromatic carbocycles. The van der Waals surface area contributed by atoms with Crippen LogP contribution in [0.25, 0.3) is 0 Å². The van der Waals surface area contributed by atoms with Gasteiger partial charge in [-0.2, -0.15) is 5.10 Å². The summed E-state index contributed by atoms with van der Waals surface area (Å²) >= 11 is 0. The van der Waals surface area contributed by atoms with Crippen molar-refractivity contribution >= 4 is 11.7 Å². The molecule has 2 atom stereocenters. The van der Waals surface area contributed by atoms with Gasteiger partial charge in [0.25, 0.3) is 5.91 Å². The first-order valence-corrected chi connectivity index (χ1v) is 9.58. The number of nitrogens with zero attached hydrogens (tertiary/aromatic N) is 1. The molecule has 6 nitrogen and oxygen atoms in total. The van der Waals surface area contributed by atoms with Gasteiger partial charge in [-0.3, -0.25) is 4.79 Å². The fourth-order valence-corrected chi connectivity index (χ4v) is 4.46. The highest BCUT2D eigenvalue weighted by Gasteiger charge is 2.43. The predicted molar refractivity (Wildman–Crippen MR) is 113 cm³/mol. The highest BCUT2D eigenvalue weighted by atomic mass is 16.1. The van der Waals surface area contributed by atoms with Gasteiger partial charge in [-0.25, -0.2) is 0 Å². The van der Waals surface area contributed by atoms with Gasteiger partial charge in [0.1, 0.15) is 5.84 Å². The Labute approximate surface area is 166 Å². The van der Waals surface area contributed by atoms with Crippen LogP contribution in [0, 0.1) is 6.92 Å². The number of rotatable bonds is 4. The van der Waals surface area contributed by atoms with Crippen molar-refractivity contribution in [2.45, 2.75) is 44.6 Å². The van der Waals surface area contributed by atoms with Gasteiger partial charge in [0, 0.05) is 18.7 Å². The van der Waals surface area contributed by atoms with Crippen molar-refractivity contribution in [1.29, 1.82) is 0 Å². The van der Waals surface area contributed by atoms with Crippen molar-refractivity contribution in [2.24, 2.45) is 22.4 Å². The van der Waals surface area contributed by atoms with Crippen LogP contribution in [-0.2, 0) is 18.3 Å². The molecular weight excluding hydrogens is 350 g/mol. The molecule has 7 N–H and O–H groups in total. The molecule has 0 fully saturated rings. The van der Waals surface area contributed by atoms with E-state index in [0.717, 1.165) is 29.5 Å². The average molecular weight is 380 g/mol. The van der Waals surface area contributed by atoms with Crippen molar-refractivity contribution in [3.63, 3.8) is 0 Å². The van der Waals surface area contributed by atoms with E-state index in [9.17, 15) is 4.79 Å². The molecule has 3 rings (SSSR count). The zero-order valence-electron chi connectivity index (χ0n) is 16.8. The van der Waals surface area contributed by atoms with Crippen molar-refractivity contribution in [2.75, 3.05) is 7.05 Å². The minimum absolute atomic E-state index is 0.112. The van der Waals surface area contributed by atoms with E-state index in [-0.39, 0.29) is 11.9 Å². The zero-order chi connectivity index (χ0) is 20.5. The Morgan fingerprint density at radius 2 is 1.79 bits per heavy atom. The SMILES string of the molecule is CNC(=O)c1ccc2c(c1)CCc1cc(C)ccc1C2(C[C@@H](C)N)/C(N)=N/N. The number of aryl methyl sites for hydroxylation is 3. The van der Waals surface area contributed by atoms with Gasteiger partial charge < -0.3 is 22.6 Å². The molecule has 6 heteroatoms. The summed E-state index contributed by atoms with van der Waals surface area (Å²) in [5, 5.41) is 6.62. The maximum absolute atomic E-state index is 12.2. The Kier molecular flexibility index (Phi) is 5.42. The van der Waals surface area contributed by atoms with Gasteiger partial charge in [0.2, 0.25) is 0 Å². The molecule has 148 valence electrons. The summed E-state index contributed by atoms with van der Waals surface area (Å²) in [5.41, 5.74) is 18.3. The Morgan fingerprint density at radius 1 is 1.18 bits per heavy atom. The first-order chi connectivity index (χ1) is 13.3. The third-order valence-corrected chi connectivity index (χ3v) is 5.64. The maximum atomic E-state index is 12.2. The van der Waals surface area contributed by atoms with E-state index < -0.39 is 5.41 Å². The van der Waals surface area contributed by atoms with Crippen molar-refractivity contribution < 1.29 is 4.79 Å². The van der Waals surface area contributed by atoms with Crippen molar-refractivity contribution in [1.82, 2.24) is 5.32 Å². The van der Waals surface area contributed by atoms with Crippen LogP contribution < -0.4 is 22.6 Å². The number of fused-ring (bicyclic) bond motifs is 2. The lowest BCUT2D eigenvalue weighted by molar-refractivity contribution is 0.0963. The normalized spacial score (nSPS) is 19.9. The Balaban J connectivity index is 2.36. The minimum atomic E-state index is -0.723. The number of carbonyl (C=O) groups is 1. The molecular formula is C22H29N5O. The zero-order valence-corrected chi connectivity index (χ0v) is 16.8. The van der Waals surface area contributed by atoms with E-state index in [1.54, 1.807) is 7.05 Å². The molecule has 1 unspecified atom stereocenters. The molecule has 0 saturated heterocycles. The quantitative estimate of drug-likeness (QED) is 0.280. The standard InChI is InChI=1S/C22H29N5O/c1-13-4-8-18-15(10-13)5-6-16-11-17(20(28)26-3)7-9-19(16)22(18,12-14(2)23)21(24)27-25/h4,7-11,14H,5-6,12,23,25H2,1-3H3,(H2,24,27)(H,26,28)/t14-,22?/m1/s1. The van der Waals surface area contributed by atoms with Crippen LogP contribution in [-0.4, -0.2) is 24.8 Å². The predicted octanol–water partition coefficient (Wildman–Crippen LogP) is 1.71. The molecule has 0 spiro atoms. The van der Waals surface area contributed by atoms with Gasteiger partial charge in [0.15, 0.2) is 0 Å². The second-order valence-corrected chi connectivity index (χ2v) is 7.71. The van der Waals surface area contributed by atoms with Gasteiger partial charge in [0.05, 0.1) is 5.41 Å². The van der Waals surface area contributed by atoms with E-state index in [0.29, 0.717) is 17.8 Å². The lowest BCUT2D eigenvalue weighted by atomic mass is 9.67. The van der Waals surface area contributed by atoms with Crippen LogP contribution in [0.1, 0.15) is 51.5 Å². The lowest BCUT2D eigenvalue weighted by Crippen LogP contribution is -2.47. The van der Waals surface area contributed by atoms with Crippen LogP contribution in [0.3, 0.4) is 0 Å². The number of benzene rings is 2. The summed E-state index contributed by atoms with van der Waals surface area (Å²) < 4.78 is 0. The molecule has 0 aromatic heterocycles. The Hall–Kier alpha value is -2.86. The van der Waals surface area contributed by atoms with Gasteiger partial charge in [-0.1, -0.05) is 29.8 Å². The fourth-order valence-electron chi connectivity index (χ4n) is 4.46. The average Bonchev–Trinajstić information content (AvgIpc) is 2.81. The largest absolute Gasteiger partial charge is 0.385 e. The van der Waals surface area contributed by atoms with E-state index in [1.807, 2.05) is 25.1 Å². The van der Waals surface area contributed by atoms with Gasteiger partial charge in [-0.05, 0) is 67.5 Å². The molecule has 1 amide bonds.